The van der Waals surface area contributed by atoms with E-state index in [9.17, 15) is 13.6 Å². The van der Waals surface area contributed by atoms with E-state index < -0.39 is 11.6 Å². The number of hydrogen-bond donors (Lipinski definition) is 3. The molecule has 0 spiro atoms. The highest BCUT2D eigenvalue weighted by molar-refractivity contribution is 5.80. The van der Waals surface area contributed by atoms with Crippen LogP contribution in [0.1, 0.15) is 26.7 Å². The van der Waals surface area contributed by atoms with Crippen LogP contribution in [0.2, 0.25) is 0 Å². The Bertz CT molecular complexity index is 454. The van der Waals surface area contributed by atoms with Crippen molar-refractivity contribution in [3.8, 4) is 0 Å². The molecule has 0 aromatic carbocycles. The Balaban J connectivity index is 2.66. The van der Waals surface area contributed by atoms with E-state index in [-0.39, 0.29) is 24.1 Å². The lowest BCUT2D eigenvalue weighted by molar-refractivity contribution is -0.119. The first kappa shape index (κ1) is 16.1. The molecular formula is C13H20F2N4O. The largest absolute Gasteiger partial charge is 0.368 e. The molecule has 0 radical (unpaired) electrons. The van der Waals surface area contributed by atoms with Gasteiger partial charge in [-0.3, -0.25) is 4.79 Å². The Morgan fingerprint density at radius 1 is 1.10 bits per heavy atom. The fourth-order valence-electron chi connectivity index (χ4n) is 1.45. The second kappa shape index (κ2) is 8.29. The van der Waals surface area contributed by atoms with E-state index in [2.05, 4.69) is 20.9 Å². The zero-order chi connectivity index (χ0) is 15.0. The van der Waals surface area contributed by atoms with Crippen LogP contribution in [0.4, 0.5) is 20.4 Å². The van der Waals surface area contributed by atoms with Crippen LogP contribution in [0.3, 0.4) is 0 Å². The number of hydrogen-bond acceptors (Lipinski definition) is 4. The molecule has 1 rings (SSSR count). The molecule has 0 unspecified atom stereocenters. The van der Waals surface area contributed by atoms with Gasteiger partial charge in [-0.25, -0.2) is 13.8 Å². The SMILES string of the molecule is CCCNC(=O)CNc1nc(NCCC)c(F)cc1F. The molecule has 5 nitrogen and oxygen atoms in total. The van der Waals surface area contributed by atoms with Gasteiger partial charge in [-0.1, -0.05) is 13.8 Å². The Kier molecular flexibility index (Phi) is 6.69. The molecule has 1 aromatic rings. The van der Waals surface area contributed by atoms with Crippen LogP contribution in [0.5, 0.6) is 0 Å². The van der Waals surface area contributed by atoms with Crippen LogP contribution in [0.25, 0.3) is 0 Å². The lowest BCUT2D eigenvalue weighted by atomic mass is 10.3. The monoisotopic (exact) mass is 286 g/mol. The summed E-state index contributed by atoms with van der Waals surface area (Å²) in [4.78, 5) is 15.2. The molecule has 1 amide bonds. The van der Waals surface area contributed by atoms with Crippen LogP contribution in [0, 0.1) is 11.6 Å². The summed E-state index contributed by atoms with van der Waals surface area (Å²) < 4.78 is 27.0. The van der Waals surface area contributed by atoms with E-state index in [0.717, 1.165) is 18.9 Å². The van der Waals surface area contributed by atoms with Gasteiger partial charge in [0.2, 0.25) is 5.91 Å². The first-order chi connectivity index (χ1) is 9.58. The zero-order valence-electron chi connectivity index (χ0n) is 11.7. The van der Waals surface area contributed by atoms with Gasteiger partial charge in [-0.2, -0.15) is 0 Å². The van der Waals surface area contributed by atoms with Gasteiger partial charge in [0.25, 0.3) is 0 Å². The first-order valence-corrected chi connectivity index (χ1v) is 6.69. The summed E-state index contributed by atoms with van der Waals surface area (Å²) in [5, 5.41) is 7.96. The van der Waals surface area contributed by atoms with Crippen molar-refractivity contribution in [2.45, 2.75) is 26.7 Å². The van der Waals surface area contributed by atoms with Gasteiger partial charge in [0.05, 0.1) is 6.54 Å². The minimum atomic E-state index is -0.826. The van der Waals surface area contributed by atoms with Crippen molar-refractivity contribution in [1.82, 2.24) is 10.3 Å². The number of aromatic nitrogens is 1. The first-order valence-electron chi connectivity index (χ1n) is 6.69. The minimum Gasteiger partial charge on any atom is -0.368 e. The number of carbonyl (C=O) groups excluding carboxylic acids is 1. The molecule has 0 fully saturated rings. The quantitative estimate of drug-likeness (QED) is 0.685. The number of halogens is 2. The topological polar surface area (TPSA) is 66.0 Å². The number of anilines is 2. The Morgan fingerprint density at radius 3 is 2.30 bits per heavy atom. The molecule has 0 saturated heterocycles. The van der Waals surface area contributed by atoms with Crippen molar-refractivity contribution in [3.05, 3.63) is 17.7 Å². The van der Waals surface area contributed by atoms with E-state index in [1.165, 1.54) is 0 Å². The molecular weight excluding hydrogens is 266 g/mol. The molecule has 7 heteroatoms. The van der Waals surface area contributed by atoms with Crippen LogP contribution < -0.4 is 16.0 Å². The third kappa shape index (κ3) is 4.99. The Hall–Kier alpha value is -1.92. The van der Waals surface area contributed by atoms with Gasteiger partial charge in [0.1, 0.15) is 0 Å². The van der Waals surface area contributed by atoms with Gasteiger partial charge < -0.3 is 16.0 Å². The van der Waals surface area contributed by atoms with Crippen LogP contribution >= 0.6 is 0 Å². The molecule has 0 aliphatic rings. The zero-order valence-corrected chi connectivity index (χ0v) is 11.7. The second-order valence-corrected chi connectivity index (χ2v) is 4.28. The molecule has 0 aliphatic heterocycles. The molecule has 112 valence electrons. The van der Waals surface area contributed by atoms with Gasteiger partial charge in [0.15, 0.2) is 23.3 Å². The van der Waals surface area contributed by atoms with Gasteiger partial charge in [-0.05, 0) is 12.8 Å². The molecule has 0 bridgehead atoms. The maximum atomic E-state index is 13.5. The van der Waals surface area contributed by atoms with Crippen LogP contribution in [0.15, 0.2) is 6.07 Å². The summed E-state index contributed by atoms with van der Waals surface area (Å²) in [6.45, 7) is 4.84. The average Bonchev–Trinajstić information content (AvgIpc) is 2.43. The maximum Gasteiger partial charge on any atom is 0.239 e. The van der Waals surface area contributed by atoms with Crippen molar-refractivity contribution in [1.29, 1.82) is 0 Å². The number of nitrogens with one attached hydrogen (secondary N) is 3. The highest BCUT2D eigenvalue weighted by Crippen LogP contribution is 2.18. The Labute approximate surface area is 117 Å². The third-order valence-electron chi connectivity index (χ3n) is 2.46. The fraction of sp³-hybridized carbons (Fsp3) is 0.538. The van der Waals surface area contributed by atoms with Gasteiger partial charge in [-0.15, -0.1) is 0 Å². The molecule has 20 heavy (non-hydrogen) atoms. The summed E-state index contributed by atoms with van der Waals surface area (Å²) in [6, 6.07) is 0.747. The number of amides is 1. The standard InChI is InChI=1S/C13H20F2N4O/c1-3-5-16-11(20)8-18-13-10(15)7-9(14)12(19-13)17-6-4-2/h7H,3-6,8H2,1-2H3,(H,16,20)(H2,17,18,19). The normalized spacial score (nSPS) is 10.2. The van der Waals surface area contributed by atoms with E-state index in [1.807, 2.05) is 13.8 Å². The average molecular weight is 286 g/mol. The number of pyridine rings is 1. The van der Waals surface area contributed by atoms with Crippen molar-refractivity contribution >= 4 is 17.5 Å². The highest BCUT2D eigenvalue weighted by Gasteiger charge is 2.12. The lowest BCUT2D eigenvalue weighted by Crippen LogP contribution is -2.30. The number of rotatable bonds is 8. The number of nitrogens with zero attached hydrogens (tertiary/aromatic N) is 1. The molecule has 1 heterocycles. The van der Waals surface area contributed by atoms with E-state index in [0.29, 0.717) is 13.1 Å². The van der Waals surface area contributed by atoms with Gasteiger partial charge >= 0.3 is 0 Å². The predicted molar refractivity (Wildman–Crippen MR) is 74.7 cm³/mol. The lowest BCUT2D eigenvalue weighted by Gasteiger charge is -2.10. The van der Waals surface area contributed by atoms with E-state index in [4.69, 9.17) is 0 Å². The van der Waals surface area contributed by atoms with Gasteiger partial charge in [0, 0.05) is 19.2 Å². The maximum absolute atomic E-state index is 13.5. The number of carbonyl (C=O) groups is 1. The molecule has 0 saturated carbocycles. The van der Waals surface area contributed by atoms with Crippen LogP contribution in [-0.4, -0.2) is 30.5 Å². The Morgan fingerprint density at radius 2 is 1.70 bits per heavy atom. The van der Waals surface area contributed by atoms with Crippen LogP contribution in [-0.2, 0) is 4.79 Å². The summed E-state index contributed by atoms with van der Waals surface area (Å²) in [6.07, 6.45) is 1.61. The smallest absolute Gasteiger partial charge is 0.239 e. The van der Waals surface area contributed by atoms with E-state index >= 15 is 0 Å². The summed E-state index contributed by atoms with van der Waals surface area (Å²) in [7, 11) is 0. The van der Waals surface area contributed by atoms with Crippen molar-refractivity contribution in [2.24, 2.45) is 0 Å². The second-order valence-electron chi connectivity index (χ2n) is 4.28. The predicted octanol–water partition coefficient (Wildman–Crippen LogP) is 2.12. The molecule has 0 atom stereocenters. The summed E-state index contributed by atoms with van der Waals surface area (Å²) in [5.41, 5.74) is 0. The van der Waals surface area contributed by atoms with Crippen molar-refractivity contribution in [3.63, 3.8) is 0 Å². The molecule has 1 aromatic heterocycles. The summed E-state index contributed by atoms with van der Waals surface area (Å²) >= 11 is 0. The molecule has 0 aliphatic carbocycles. The highest BCUT2D eigenvalue weighted by atomic mass is 19.1. The minimum absolute atomic E-state index is 0.0234. The summed E-state index contributed by atoms with van der Waals surface area (Å²) in [5.74, 6) is -2.01. The van der Waals surface area contributed by atoms with E-state index in [1.54, 1.807) is 0 Å². The van der Waals surface area contributed by atoms with Crippen molar-refractivity contribution in [2.75, 3.05) is 30.3 Å². The van der Waals surface area contributed by atoms with Crippen molar-refractivity contribution < 1.29 is 13.6 Å². The molecule has 3 N–H and O–H groups in total. The fourth-order valence-corrected chi connectivity index (χ4v) is 1.45. The third-order valence-corrected chi connectivity index (χ3v) is 2.46.